The van der Waals surface area contributed by atoms with Gasteiger partial charge in [0, 0.05) is 21.9 Å². The summed E-state index contributed by atoms with van der Waals surface area (Å²) in [6, 6.07) is 9.69. The molecule has 2 aromatic rings. The van der Waals surface area contributed by atoms with Gasteiger partial charge < -0.3 is 14.2 Å². The van der Waals surface area contributed by atoms with E-state index in [0.717, 1.165) is 22.1 Å². The lowest BCUT2D eigenvalue weighted by Crippen LogP contribution is -2.05. The summed E-state index contributed by atoms with van der Waals surface area (Å²) in [5.41, 5.74) is 1.29. The van der Waals surface area contributed by atoms with E-state index in [1.165, 1.54) is 0 Å². The van der Waals surface area contributed by atoms with Crippen LogP contribution in [0.2, 0.25) is 0 Å². The number of hydrogen-bond acceptors (Lipinski definition) is 4. The van der Waals surface area contributed by atoms with Gasteiger partial charge in [-0.2, -0.15) is 0 Å². The SMILES string of the molecule is CCOC(=O)C(C)=Cc1cc(OC)c2ccccc2c1OC. The first-order chi connectivity index (χ1) is 10.6. The number of rotatable bonds is 5. The maximum atomic E-state index is 11.8. The molecule has 0 amide bonds. The predicted octanol–water partition coefficient (Wildman–Crippen LogP) is 3.82. The number of benzene rings is 2. The average Bonchev–Trinajstić information content (AvgIpc) is 2.54. The van der Waals surface area contributed by atoms with Crippen LogP contribution in [0.15, 0.2) is 35.9 Å². The van der Waals surface area contributed by atoms with Crippen LogP contribution in [-0.4, -0.2) is 26.8 Å². The average molecular weight is 300 g/mol. The topological polar surface area (TPSA) is 44.8 Å². The molecule has 0 bridgehead atoms. The Kier molecular flexibility index (Phi) is 5.04. The van der Waals surface area contributed by atoms with Gasteiger partial charge in [-0.05, 0) is 26.0 Å². The second-order valence-corrected chi connectivity index (χ2v) is 4.79. The van der Waals surface area contributed by atoms with Gasteiger partial charge in [-0.25, -0.2) is 4.79 Å². The van der Waals surface area contributed by atoms with Crippen molar-refractivity contribution in [1.82, 2.24) is 0 Å². The Morgan fingerprint density at radius 2 is 1.82 bits per heavy atom. The maximum absolute atomic E-state index is 11.8. The molecule has 0 saturated carbocycles. The minimum atomic E-state index is -0.336. The molecule has 0 aliphatic heterocycles. The zero-order valence-corrected chi connectivity index (χ0v) is 13.3. The van der Waals surface area contributed by atoms with E-state index in [1.54, 1.807) is 34.1 Å². The fraction of sp³-hybridized carbons (Fsp3) is 0.278. The van der Waals surface area contributed by atoms with E-state index >= 15 is 0 Å². The predicted molar refractivity (Wildman–Crippen MR) is 87.3 cm³/mol. The molecule has 2 rings (SSSR count). The van der Waals surface area contributed by atoms with E-state index in [9.17, 15) is 4.79 Å². The molecule has 0 spiro atoms. The second kappa shape index (κ2) is 6.98. The first-order valence-electron chi connectivity index (χ1n) is 7.11. The van der Waals surface area contributed by atoms with Crippen LogP contribution in [0.4, 0.5) is 0 Å². The lowest BCUT2D eigenvalue weighted by Gasteiger charge is -2.13. The normalized spacial score (nSPS) is 11.4. The highest BCUT2D eigenvalue weighted by Crippen LogP contribution is 2.37. The van der Waals surface area contributed by atoms with Crippen LogP contribution in [0.25, 0.3) is 16.8 Å². The van der Waals surface area contributed by atoms with Crippen LogP contribution in [0, 0.1) is 0 Å². The molecule has 0 atom stereocenters. The monoisotopic (exact) mass is 300 g/mol. The summed E-state index contributed by atoms with van der Waals surface area (Å²) < 4.78 is 16.0. The molecule has 0 saturated heterocycles. The van der Waals surface area contributed by atoms with Crippen LogP contribution in [-0.2, 0) is 9.53 Å². The summed E-state index contributed by atoms with van der Waals surface area (Å²) in [4.78, 5) is 11.8. The Balaban J connectivity index is 2.63. The Bertz CT molecular complexity index is 716. The zero-order chi connectivity index (χ0) is 16.1. The van der Waals surface area contributed by atoms with Crippen LogP contribution in [0.5, 0.6) is 11.5 Å². The van der Waals surface area contributed by atoms with Gasteiger partial charge in [0.15, 0.2) is 0 Å². The van der Waals surface area contributed by atoms with Gasteiger partial charge in [0.1, 0.15) is 11.5 Å². The highest BCUT2D eigenvalue weighted by Gasteiger charge is 2.13. The molecule has 0 heterocycles. The maximum Gasteiger partial charge on any atom is 0.333 e. The number of carbonyl (C=O) groups is 1. The Hall–Kier alpha value is -2.49. The molecule has 0 aliphatic carbocycles. The van der Waals surface area contributed by atoms with E-state index in [-0.39, 0.29) is 5.97 Å². The van der Waals surface area contributed by atoms with Gasteiger partial charge in [0.2, 0.25) is 0 Å². The number of methoxy groups -OCH3 is 2. The third kappa shape index (κ3) is 3.06. The quantitative estimate of drug-likeness (QED) is 0.622. The Morgan fingerprint density at radius 3 is 2.41 bits per heavy atom. The molecule has 22 heavy (non-hydrogen) atoms. The first kappa shape index (κ1) is 15.9. The largest absolute Gasteiger partial charge is 0.496 e. The van der Waals surface area contributed by atoms with Crippen molar-refractivity contribution < 1.29 is 19.0 Å². The molecule has 0 unspecified atom stereocenters. The fourth-order valence-electron chi connectivity index (χ4n) is 2.38. The van der Waals surface area contributed by atoms with Crippen LogP contribution in [0.3, 0.4) is 0 Å². The van der Waals surface area contributed by atoms with E-state index in [0.29, 0.717) is 17.9 Å². The molecule has 0 N–H and O–H groups in total. The standard InChI is InChI=1S/C18H20O4/c1-5-22-18(19)12(2)10-13-11-16(20-3)14-8-6-7-9-15(14)17(13)21-4/h6-11H,5H2,1-4H3. The summed E-state index contributed by atoms with van der Waals surface area (Å²) in [7, 11) is 3.24. The van der Waals surface area contributed by atoms with Crippen molar-refractivity contribution in [1.29, 1.82) is 0 Å². The minimum absolute atomic E-state index is 0.336. The molecular weight excluding hydrogens is 280 g/mol. The zero-order valence-electron chi connectivity index (χ0n) is 13.3. The van der Waals surface area contributed by atoms with Crippen molar-refractivity contribution >= 4 is 22.8 Å². The highest BCUT2D eigenvalue weighted by molar-refractivity contribution is 5.99. The van der Waals surface area contributed by atoms with Crippen molar-refractivity contribution in [2.75, 3.05) is 20.8 Å². The van der Waals surface area contributed by atoms with Crippen molar-refractivity contribution in [2.45, 2.75) is 13.8 Å². The first-order valence-corrected chi connectivity index (χ1v) is 7.11. The van der Waals surface area contributed by atoms with E-state index in [2.05, 4.69) is 0 Å². The molecule has 0 radical (unpaired) electrons. The number of hydrogen-bond donors (Lipinski definition) is 0. The number of fused-ring (bicyclic) bond motifs is 1. The molecule has 0 aromatic heterocycles. The Morgan fingerprint density at radius 1 is 1.14 bits per heavy atom. The van der Waals surface area contributed by atoms with Crippen molar-refractivity contribution in [3.63, 3.8) is 0 Å². The van der Waals surface area contributed by atoms with Crippen molar-refractivity contribution in [3.8, 4) is 11.5 Å². The summed E-state index contributed by atoms with van der Waals surface area (Å²) in [6.07, 6.45) is 1.76. The molecule has 2 aromatic carbocycles. The lowest BCUT2D eigenvalue weighted by atomic mass is 10.0. The number of carbonyl (C=O) groups excluding carboxylic acids is 1. The lowest BCUT2D eigenvalue weighted by molar-refractivity contribution is -0.138. The van der Waals surface area contributed by atoms with Crippen molar-refractivity contribution in [2.24, 2.45) is 0 Å². The molecule has 4 nitrogen and oxygen atoms in total. The number of ether oxygens (including phenoxy) is 3. The summed E-state index contributed by atoms with van der Waals surface area (Å²) in [5, 5.41) is 1.90. The summed E-state index contributed by atoms with van der Waals surface area (Å²) in [5.74, 6) is 1.11. The molecule has 116 valence electrons. The smallest absolute Gasteiger partial charge is 0.333 e. The third-order valence-corrected chi connectivity index (χ3v) is 3.38. The van der Waals surface area contributed by atoms with Gasteiger partial charge in [0.25, 0.3) is 0 Å². The summed E-state index contributed by atoms with van der Waals surface area (Å²) >= 11 is 0. The van der Waals surface area contributed by atoms with E-state index in [1.807, 2.05) is 30.3 Å². The van der Waals surface area contributed by atoms with Gasteiger partial charge in [-0.15, -0.1) is 0 Å². The molecule has 0 aliphatic rings. The van der Waals surface area contributed by atoms with Crippen molar-refractivity contribution in [3.05, 3.63) is 41.5 Å². The third-order valence-electron chi connectivity index (χ3n) is 3.38. The van der Waals surface area contributed by atoms with Gasteiger partial charge in [-0.3, -0.25) is 0 Å². The van der Waals surface area contributed by atoms with E-state index in [4.69, 9.17) is 14.2 Å². The van der Waals surface area contributed by atoms with Gasteiger partial charge in [0.05, 0.1) is 20.8 Å². The highest BCUT2D eigenvalue weighted by atomic mass is 16.5. The van der Waals surface area contributed by atoms with Crippen LogP contribution < -0.4 is 9.47 Å². The molecule has 4 heteroatoms. The van der Waals surface area contributed by atoms with Crippen LogP contribution in [0.1, 0.15) is 19.4 Å². The second-order valence-electron chi connectivity index (χ2n) is 4.79. The fourth-order valence-corrected chi connectivity index (χ4v) is 2.38. The number of esters is 1. The Labute approximate surface area is 130 Å². The minimum Gasteiger partial charge on any atom is -0.496 e. The summed E-state index contributed by atoms with van der Waals surface area (Å²) in [6.45, 7) is 3.85. The molecular formula is C18H20O4. The molecule has 0 fully saturated rings. The van der Waals surface area contributed by atoms with Crippen LogP contribution >= 0.6 is 0 Å². The van der Waals surface area contributed by atoms with E-state index < -0.39 is 0 Å². The van der Waals surface area contributed by atoms with Gasteiger partial charge in [-0.1, -0.05) is 24.3 Å². The van der Waals surface area contributed by atoms with Gasteiger partial charge >= 0.3 is 5.97 Å².